The molecule has 404 valence electrons. The zero-order valence-corrected chi connectivity index (χ0v) is 48.5. The maximum absolute atomic E-state index is 14.7. The SMILES string of the molecule is CC(C)(c1cccc(-c2[c-]cc(-c3ccccc3)cc2)n1)c1cccc(-c2[c-]cc(-c3ccccc3)cc2)n1.Fc1c[c-]c(-c2cccc(C(c3ccccc3)(c3ccccc3)c3cccc(-c4[c-]cc(F)nc4F)n3)n2)c(F)n1.[Pt+2].[Pt+2]. The van der Waals surface area contributed by atoms with Crippen molar-refractivity contribution in [3.8, 4) is 67.3 Å². The van der Waals surface area contributed by atoms with E-state index in [1.165, 1.54) is 11.1 Å². The number of benzene rings is 6. The van der Waals surface area contributed by atoms with Crippen molar-refractivity contribution in [2.45, 2.75) is 24.7 Å². The van der Waals surface area contributed by atoms with Gasteiger partial charge in [0.2, 0.25) is 0 Å². The molecule has 0 amide bonds. The summed E-state index contributed by atoms with van der Waals surface area (Å²) < 4.78 is 56.6. The zero-order chi connectivity index (χ0) is 55.1. The van der Waals surface area contributed by atoms with Gasteiger partial charge in [-0.25, -0.2) is 17.6 Å². The molecule has 6 nitrogen and oxygen atoms in total. The molecule has 0 fully saturated rings. The first-order chi connectivity index (χ1) is 39.0. The predicted octanol–water partition coefficient (Wildman–Crippen LogP) is 16.2. The summed E-state index contributed by atoms with van der Waals surface area (Å²) in [6.45, 7) is 4.35. The molecule has 12 heteroatoms. The van der Waals surface area contributed by atoms with Crippen LogP contribution in [0.2, 0.25) is 0 Å². The quantitative estimate of drug-likeness (QED) is 0.0689. The Morgan fingerprint density at radius 1 is 0.305 bits per heavy atom. The van der Waals surface area contributed by atoms with Crippen LogP contribution >= 0.6 is 0 Å². The molecular formula is C70H46F4N6Pt2. The van der Waals surface area contributed by atoms with Crippen molar-refractivity contribution >= 4 is 0 Å². The molecule has 6 aromatic heterocycles. The third-order valence-electron chi connectivity index (χ3n) is 13.9. The van der Waals surface area contributed by atoms with Gasteiger partial charge in [-0.05, 0) is 72.0 Å². The fraction of sp³-hybridized carbons (Fsp3) is 0.0571. The average Bonchev–Trinajstić information content (AvgIpc) is 3.65. The molecule has 0 radical (unpaired) electrons. The third-order valence-corrected chi connectivity index (χ3v) is 13.9. The van der Waals surface area contributed by atoms with Crippen LogP contribution in [0.1, 0.15) is 47.8 Å². The summed E-state index contributed by atoms with van der Waals surface area (Å²) in [6, 6.07) is 88.5. The Kier molecular flexibility index (Phi) is 18.3. The van der Waals surface area contributed by atoms with E-state index in [0.29, 0.717) is 11.4 Å². The number of halogens is 4. The van der Waals surface area contributed by atoms with Gasteiger partial charge in [0.15, 0.2) is 0 Å². The first kappa shape index (κ1) is 58.0. The molecule has 0 aliphatic heterocycles. The summed E-state index contributed by atoms with van der Waals surface area (Å²) in [4.78, 5) is 26.4. The van der Waals surface area contributed by atoms with E-state index in [-0.39, 0.29) is 70.1 Å². The van der Waals surface area contributed by atoms with Crippen LogP contribution in [-0.2, 0) is 53.0 Å². The molecule has 6 aromatic carbocycles. The van der Waals surface area contributed by atoms with E-state index < -0.39 is 29.2 Å². The van der Waals surface area contributed by atoms with Gasteiger partial charge in [-0.15, -0.1) is 71.8 Å². The van der Waals surface area contributed by atoms with E-state index in [2.05, 4.69) is 145 Å². The molecule has 0 aliphatic carbocycles. The van der Waals surface area contributed by atoms with Crippen LogP contribution in [0.5, 0.6) is 0 Å². The Morgan fingerprint density at radius 3 is 1.00 bits per heavy atom. The first-order valence-corrected chi connectivity index (χ1v) is 25.7. The number of pyridine rings is 6. The summed E-state index contributed by atoms with van der Waals surface area (Å²) in [7, 11) is 0. The van der Waals surface area contributed by atoms with Gasteiger partial charge in [0.05, 0.1) is 11.4 Å². The van der Waals surface area contributed by atoms with Crippen molar-refractivity contribution in [3.63, 3.8) is 0 Å². The van der Waals surface area contributed by atoms with Gasteiger partial charge in [-0.3, -0.25) is 19.9 Å². The van der Waals surface area contributed by atoms with E-state index >= 15 is 0 Å². The first-order valence-electron chi connectivity index (χ1n) is 25.7. The van der Waals surface area contributed by atoms with E-state index in [1.54, 1.807) is 36.4 Å². The molecule has 0 spiro atoms. The fourth-order valence-electron chi connectivity index (χ4n) is 9.72. The molecule has 6 heterocycles. The van der Waals surface area contributed by atoms with Gasteiger partial charge in [0.1, 0.15) is 29.2 Å². The zero-order valence-electron chi connectivity index (χ0n) is 43.9. The average molecular weight is 1440 g/mol. The molecule has 12 aromatic rings. The maximum atomic E-state index is 14.7. The predicted molar refractivity (Wildman–Crippen MR) is 304 cm³/mol. The van der Waals surface area contributed by atoms with E-state index in [4.69, 9.17) is 19.9 Å². The number of hydrogen-bond donors (Lipinski definition) is 0. The summed E-state index contributed by atoms with van der Waals surface area (Å²) in [6.07, 6.45) is 0. The fourth-order valence-corrected chi connectivity index (χ4v) is 9.72. The smallest absolute Gasteiger partial charge is 0.300 e. The Balaban J connectivity index is 0.000000193. The third kappa shape index (κ3) is 12.3. The summed E-state index contributed by atoms with van der Waals surface area (Å²) in [5.41, 5.74) is 11.4. The summed E-state index contributed by atoms with van der Waals surface area (Å²) >= 11 is 0. The van der Waals surface area contributed by atoms with Crippen molar-refractivity contribution < 1.29 is 59.7 Å². The van der Waals surface area contributed by atoms with Crippen LogP contribution < -0.4 is 0 Å². The molecule has 12 rings (SSSR count). The second kappa shape index (κ2) is 25.8. The van der Waals surface area contributed by atoms with Gasteiger partial charge >= 0.3 is 42.1 Å². The van der Waals surface area contributed by atoms with Crippen molar-refractivity contribution in [2.24, 2.45) is 0 Å². The van der Waals surface area contributed by atoms with Gasteiger partial charge < -0.3 is 9.97 Å². The molecule has 0 N–H and O–H groups in total. The van der Waals surface area contributed by atoms with E-state index in [0.717, 1.165) is 68.3 Å². The number of rotatable bonds is 12. The standard InChI is InChI=1S/C37H28N2.C33H18F4N4.2Pt/c1-37(2,35-17-9-15-33(38-35)31-23-19-29(20-24-31)27-11-5-3-6-12-27)36-18-10-16-34(39-36)32-25-21-30(22-26-32)28-13-7-4-8-14-28;34-29-19-17-23(31(36)40-29)25-13-7-15-27(38-25)33(21-9-3-1-4-10-21,22-11-5-2-6-12-22)28-16-8-14-26(39-28)24-18-20-30(35)41-32(24)37;;/h3-23,25H,1-2H3;1-16,19-20H;;/q2*-2;2*+2. The monoisotopic (exact) mass is 1440 g/mol. The van der Waals surface area contributed by atoms with E-state index in [9.17, 15) is 17.6 Å². The second-order valence-electron chi connectivity index (χ2n) is 19.2. The summed E-state index contributed by atoms with van der Waals surface area (Å²) in [5, 5.41) is 0. The molecule has 0 aliphatic rings. The molecule has 0 saturated heterocycles. The molecule has 0 unspecified atom stereocenters. The van der Waals surface area contributed by atoms with Crippen molar-refractivity contribution in [1.29, 1.82) is 0 Å². The van der Waals surface area contributed by atoms with Crippen LogP contribution in [0.4, 0.5) is 17.6 Å². The molecule has 0 bridgehead atoms. The van der Waals surface area contributed by atoms with Gasteiger partial charge in [-0.2, -0.15) is 0 Å². The van der Waals surface area contributed by atoms with Gasteiger partial charge in [-0.1, -0.05) is 215 Å². The molecule has 82 heavy (non-hydrogen) atoms. The van der Waals surface area contributed by atoms with Crippen LogP contribution in [0.15, 0.2) is 243 Å². The number of aromatic nitrogens is 6. The van der Waals surface area contributed by atoms with Gasteiger partial charge in [0, 0.05) is 16.8 Å². The van der Waals surface area contributed by atoms with Crippen molar-refractivity contribution in [1.82, 2.24) is 29.9 Å². The Morgan fingerprint density at radius 2 is 0.646 bits per heavy atom. The van der Waals surface area contributed by atoms with Crippen molar-refractivity contribution in [3.05, 3.63) is 325 Å². The Labute approximate surface area is 502 Å². The largest absolute Gasteiger partial charge is 2.00 e. The van der Waals surface area contributed by atoms with Gasteiger partial charge in [0.25, 0.3) is 0 Å². The van der Waals surface area contributed by atoms with E-state index in [1.807, 2.05) is 97.1 Å². The minimum absolute atomic E-state index is 0. The number of hydrogen-bond acceptors (Lipinski definition) is 6. The summed E-state index contributed by atoms with van der Waals surface area (Å²) in [5.74, 6) is -4.08. The molecule has 0 atom stereocenters. The minimum Gasteiger partial charge on any atom is -0.300 e. The second-order valence-corrected chi connectivity index (χ2v) is 19.2. The van der Waals surface area contributed by atoms with Crippen molar-refractivity contribution in [2.75, 3.05) is 0 Å². The van der Waals surface area contributed by atoms with Crippen LogP contribution in [0.25, 0.3) is 67.3 Å². The van der Waals surface area contributed by atoms with Crippen LogP contribution in [0, 0.1) is 48.1 Å². The Hall–Kier alpha value is -8.68. The number of nitrogens with zero attached hydrogens (tertiary/aromatic N) is 6. The maximum Gasteiger partial charge on any atom is 2.00 e. The molecule has 0 saturated carbocycles. The molecular weight excluding hydrogens is 1390 g/mol. The topological polar surface area (TPSA) is 77.3 Å². The Bertz CT molecular complexity index is 3820. The van der Waals surface area contributed by atoms with Crippen LogP contribution in [-0.4, -0.2) is 29.9 Å². The van der Waals surface area contributed by atoms with Crippen LogP contribution in [0.3, 0.4) is 0 Å². The minimum atomic E-state index is -1.19. The normalized spacial score (nSPS) is 11.1.